The largest absolute Gasteiger partial charge is 0.347 e. The number of benzene rings is 1. The minimum absolute atomic E-state index is 0.00247. The number of fused-ring (bicyclic) bond motifs is 1. The van der Waals surface area contributed by atoms with E-state index in [1.54, 1.807) is 23.1 Å². The van der Waals surface area contributed by atoms with E-state index in [0.717, 1.165) is 5.06 Å². The molecule has 0 aliphatic carbocycles. The number of hydroxylamine groups is 2. The van der Waals surface area contributed by atoms with Gasteiger partial charge in [0.25, 0.3) is 0 Å². The van der Waals surface area contributed by atoms with Gasteiger partial charge in [0.1, 0.15) is 18.0 Å². The normalized spacial score (nSPS) is 22.2. The fraction of sp³-hybridized carbons (Fsp3) is 0.200. The summed E-state index contributed by atoms with van der Waals surface area (Å²) in [5.74, 6) is -1.67. The first-order valence-corrected chi connectivity index (χ1v) is 9.04. The Morgan fingerprint density at radius 3 is 2.82 bits per heavy atom. The first kappa shape index (κ1) is 18.7. The Bertz CT molecular complexity index is 978. The number of hydrogen-bond donors (Lipinski definition) is 1. The first-order chi connectivity index (χ1) is 13.5. The summed E-state index contributed by atoms with van der Waals surface area (Å²) >= 11 is 5.99. The van der Waals surface area contributed by atoms with Crippen molar-refractivity contribution in [2.24, 2.45) is 0 Å². The van der Waals surface area contributed by atoms with Crippen molar-refractivity contribution in [3.8, 4) is 0 Å². The van der Waals surface area contributed by atoms with Crippen LogP contribution in [0, 0.1) is 11.8 Å². The topological polar surface area (TPSA) is 56.7 Å². The second-order valence-corrected chi connectivity index (χ2v) is 7.06. The summed E-state index contributed by atoms with van der Waals surface area (Å²) in [6.07, 6.45) is 6.19. The molecule has 0 spiro atoms. The van der Waals surface area contributed by atoms with Crippen LogP contribution in [0.15, 0.2) is 60.5 Å². The number of halogens is 3. The van der Waals surface area contributed by atoms with Gasteiger partial charge in [-0.1, -0.05) is 29.8 Å². The molecule has 1 saturated heterocycles. The van der Waals surface area contributed by atoms with Gasteiger partial charge in [0, 0.05) is 29.7 Å². The highest BCUT2D eigenvalue weighted by molar-refractivity contribution is 6.30. The molecule has 1 aromatic carbocycles. The monoisotopic (exact) mass is 403 g/mol. The van der Waals surface area contributed by atoms with E-state index in [9.17, 15) is 18.8 Å². The molecule has 0 bridgehead atoms. The van der Waals surface area contributed by atoms with Crippen LogP contribution in [-0.4, -0.2) is 38.6 Å². The highest BCUT2D eigenvalue weighted by atomic mass is 35.5. The number of carbonyl (C=O) groups is 1. The van der Waals surface area contributed by atoms with Gasteiger partial charge < -0.3 is 10.1 Å². The van der Waals surface area contributed by atoms with Crippen LogP contribution in [0.2, 0.25) is 5.02 Å². The van der Waals surface area contributed by atoms with Gasteiger partial charge in [-0.05, 0) is 35.9 Å². The van der Waals surface area contributed by atoms with Crippen LogP contribution >= 0.6 is 11.6 Å². The molecule has 28 heavy (non-hydrogen) atoms. The summed E-state index contributed by atoms with van der Waals surface area (Å²) in [7, 11) is 0. The SMILES string of the molecule is O=C1C2=CC=CCN2C(Cc2ccc(F)nc2)N(O)C1c1cc(Cl)ccc1F. The van der Waals surface area contributed by atoms with Crippen molar-refractivity contribution in [3.63, 3.8) is 0 Å². The molecule has 1 aromatic heterocycles. The third-order valence-corrected chi connectivity index (χ3v) is 5.13. The van der Waals surface area contributed by atoms with Gasteiger partial charge in [0.05, 0.1) is 5.70 Å². The number of ketones is 1. The van der Waals surface area contributed by atoms with Gasteiger partial charge in [-0.2, -0.15) is 9.45 Å². The van der Waals surface area contributed by atoms with Crippen molar-refractivity contribution >= 4 is 17.4 Å². The van der Waals surface area contributed by atoms with Crippen molar-refractivity contribution in [1.29, 1.82) is 0 Å². The molecule has 2 aliphatic heterocycles. The first-order valence-electron chi connectivity index (χ1n) is 8.66. The zero-order valence-electron chi connectivity index (χ0n) is 14.6. The maximum Gasteiger partial charge on any atom is 0.212 e. The molecule has 2 unspecified atom stereocenters. The number of carbonyl (C=O) groups excluding carboxylic acids is 1. The lowest BCUT2D eigenvalue weighted by atomic mass is 9.93. The maximum atomic E-state index is 14.5. The summed E-state index contributed by atoms with van der Waals surface area (Å²) < 4.78 is 27.6. The molecular weight excluding hydrogens is 388 g/mol. The van der Waals surface area contributed by atoms with E-state index in [-0.39, 0.29) is 17.0 Å². The van der Waals surface area contributed by atoms with Crippen LogP contribution in [0.5, 0.6) is 0 Å². The van der Waals surface area contributed by atoms with Gasteiger partial charge in [-0.15, -0.1) is 0 Å². The Labute approximate surface area is 165 Å². The van der Waals surface area contributed by atoms with E-state index in [1.165, 1.54) is 30.5 Å². The number of hydrogen-bond acceptors (Lipinski definition) is 5. The highest BCUT2D eigenvalue weighted by Gasteiger charge is 2.45. The van der Waals surface area contributed by atoms with Crippen LogP contribution in [0.1, 0.15) is 17.2 Å². The van der Waals surface area contributed by atoms with Gasteiger partial charge in [-0.3, -0.25) is 4.79 Å². The van der Waals surface area contributed by atoms with E-state index in [0.29, 0.717) is 17.8 Å². The standard InChI is InChI=1S/C20H16ClF2N3O2/c21-13-5-6-15(22)14(10-13)19-20(27)16-3-1-2-8-25(16)18(26(19)28)9-12-4-7-17(23)24-11-12/h1-7,10-11,18-19,28H,8-9H2. The summed E-state index contributed by atoms with van der Waals surface area (Å²) in [6, 6.07) is 5.43. The molecule has 2 aromatic rings. The molecule has 3 heterocycles. The lowest BCUT2D eigenvalue weighted by Gasteiger charge is -2.47. The zero-order valence-corrected chi connectivity index (χ0v) is 15.4. The Hall–Kier alpha value is -2.61. The predicted octanol–water partition coefficient (Wildman–Crippen LogP) is 3.65. The van der Waals surface area contributed by atoms with E-state index in [4.69, 9.17) is 11.6 Å². The van der Waals surface area contributed by atoms with Crippen molar-refractivity contribution in [2.75, 3.05) is 6.54 Å². The molecule has 5 nitrogen and oxygen atoms in total. The van der Waals surface area contributed by atoms with E-state index in [2.05, 4.69) is 4.98 Å². The third-order valence-electron chi connectivity index (χ3n) is 4.89. The second kappa shape index (κ2) is 7.43. The number of rotatable bonds is 3. The van der Waals surface area contributed by atoms with Crippen molar-refractivity contribution in [3.05, 3.63) is 88.4 Å². The van der Waals surface area contributed by atoms with Gasteiger partial charge in [0.2, 0.25) is 11.7 Å². The summed E-state index contributed by atoms with van der Waals surface area (Å²) in [6.45, 7) is 0.401. The Morgan fingerprint density at radius 1 is 1.25 bits per heavy atom. The average molecular weight is 404 g/mol. The Kier molecular flexibility index (Phi) is 4.97. The van der Waals surface area contributed by atoms with Crippen LogP contribution < -0.4 is 0 Å². The molecule has 1 fully saturated rings. The predicted molar refractivity (Wildman–Crippen MR) is 98.4 cm³/mol. The summed E-state index contributed by atoms with van der Waals surface area (Å²) in [5.41, 5.74) is 1.04. The molecule has 2 atom stereocenters. The fourth-order valence-electron chi connectivity index (χ4n) is 3.56. The molecule has 4 rings (SSSR count). The smallest absolute Gasteiger partial charge is 0.212 e. The Balaban J connectivity index is 1.76. The molecular formula is C20H16ClF2N3O2. The minimum atomic E-state index is -1.24. The van der Waals surface area contributed by atoms with Gasteiger partial charge >= 0.3 is 0 Å². The molecule has 144 valence electrons. The number of aromatic nitrogens is 1. The van der Waals surface area contributed by atoms with E-state index < -0.39 is 29.8 Å². The van der Waals surface area contributed by atoms with Crippen molar-refractivity contribution in [1.82, 2.24) is 14.9 Å². The third kappa shape index (κ3) is 3.32. The zero-order chi connectivity index (χ0) is 19.8. The number of Topliss-reactive ketones (excluding diaryl/α,β-unsaturated/α-hetero) is 1. The molecule has 8 heteroatoms. The van der Waals surface area contributed by atoms with Crippen LogP contribution in [0.3, 0.4) is 0 Å². The van der Waals surface area contributed by atoms with Crippen molar-refractivity contribution < 1.29 is 18.8 Å². The van der Waals surface area contributed by atoms with E-state index >= 15 is 0 Å². The maximum absolute atomic E-state index is 14.5. The molecule has 2 aliphatic rings. The van der Waals surface area contributed by atoms with Gasteiger partial charge in [0.15, 0.2) is 0 Å². The second-order valence-electron chi connectivity index (χ2n) is 6.62. The summed E-state index contributed by atoms with van der Waals surface area (Å²) in [4.78, 5) is 18.4. The molecule has 0 saturated carbocycles. The minimum Gasteiger partial charge on any atom is -0.347 e. The van der Waals surface area contributed by atoms with Crippen LogP contribution in [0.4, 0.5) is 8.78 Å². The summed E-state index contributed by atoms with van der Waals surface area (Å²) in [5, 5.41) is 12.0. The molecule has 1 N–H and O–H groups in total. The molecule has 0 radical (unpaired) electrons. The Morgan fingerprint density at radius 2 is 2.07 bits per heavy atom. The van der Waals surface area contributed by atoms with Gasteiger partial charge in [-0.25, -0.2) is 9.37 Å². The quantitative estimate of drug-likeness (QED) is 0.793. The van der Waals surface area contributed by atoms with Crippen molar-refractivity contribution in [2.45, 2.75) is 18.6 Å². The van der Waals surface area contributed by atoms with Crippen LogP contribution in [-0.2, 0) is 11.2 Å². The number of allylic oxidation sites excluding steroid dienone is 2. The lowest BCUT2D eigenvalue weighted by molar-refractivity contribution is -0.209. The number of nitrogens with zero attached hydrogens (tertiary/aromatic N) is 3. The van der Waals surface area contributed by atoms with E-state index in [1.807, 2.05) is 6.08 Å². The lowest BCUT2D eigenvalue weighted by Crippen LogP contribution is -2.57. The highest BCUT2D eigenvalue weighted by Crippen LogP contribution is 2.37. The number of pyridine rings is 1. The molecule has 0 amide bonds. The van der Waals surface area contributed by atoms with Crippen LogP contribution in [0.25, 0.3) is 0 Å². The average Bonchev–Trinajstić information content (AvgIpc) is 2.69. The fourth-order valence-corrected chi connectivity index (χ4v) is 3.74.